The van der Waals surface area contributed by atoms with Gasteiger partial charge in [0.1, 0.15) is 0 Å². The molecule has 1 aliphatic rings. The monoisotopic (exact) mass is 437 g/mol. The van der Waals surface area contributed by atoms with E-state index in [1.807, 2.05) is 23.0 Å². The molecule has 160 valence electrons. The molecule has 1 saturated heterocycles. The quantitative estimate of drug-likeness (QED) is 0.638. The summed E-state index contributed by atoms with van der Waals surface area (Å²) in [6.07, 6.45) is 7.78. The van der Waals surface area contributed by atoms with E-state index >= 15 is 0 Å². The number of nitrogens with one attached hydrogen (secondary N) is 1. The number of rotatable bonds is 6. The summed E-state index contributed by atoms with van der Waals surface area (Å²) >= 11 is 5.91. The lowest BCUT2D eigenvalue weighted by atomic mass is 9.96. The van der Waals surface area contributed by atoms with E-state index in [2.05, 4.69) is 15.4 Å². The summed E-state index contributed by atoms with van der Waals surface area (Å²) in [5.74, 6) is 0.0930. The molecule has 4 rings (SSSR count). The SMILES string of the molecule is O=C(Nc1ccn(CCc2ccncc2)n1)C1CCCN(C(=O)c2ccc(Cl)cc2)C1. The van der Waals surface area contributed by atoms with Crippen molar-refractivity contribution < 1.29 is 9.59 Å². The maximum absolute atomic E-state index is 12.8. The molecule has 1 unspecified atom stereocenters. The lowest BCUT2D eigenvalue weighted by molar-refractivity contribution is -0.121. The van der Waals surface area contributed by atoms with E-state index in [1.54, 1.807) is 47.6 Å². The summed E-state index contributed by atoms with van der Waals surface area (Å²) in [5, 5.41) is 7.94. The van der Waals surface area contributed by atoms with Crippen LogP contribution in [0, 0.1) is 5.92 Å². The van der Waals surface area contributed by atoms with Gasteiger partial charge in [0.2, 0.25) is 5.91 Å². The molecule has 0 saturated carbocycles. The van der Waals surface area contributed by atoms with Crippen LogP contribution < -0.4 is 5.32 Å². The van der Waals surface area contributed by atoms with Gasteiger partial charge < -0.3 is 10.2 Å². The van der Waals surface area contributed by atoms with Gasteiger partial charge in [0.15, 0.2) is 5.82 Å². The maximum Gasteiger partial charge on any atom is 0.253 e. The van der Waals surface area contributed by atoms with Crippen LogP contribution in [0.3, 0.4) is 0 Å². The zero-order valence-electron chi connectivity index (χ0n) is 17.1. The summed E-state index contributed by atoms with van der Waals surface area (Å²) in [5.41, 5.74) is 1.77. The number of carbonyl (C=O) groups excluding carboxylic acids is 2. The van der Waals surface area contributed by atoms with Crippen molar-refractivity contribution in [1.82, 2.24) is 19.7 Å². The molecule has 1 atom stereocenters. The number of carbonyl (C=O) groups is 2. The molecule has 3 aromatic rings. The van der Waals surface area contributed by atoms with Gasteiger partial charge in [0, 0.05) is 54.9 Å². The Balaban J connectivity index is 1.31. The number of halogens is 1. The molecule has 3 heterocycles. The fourth-order valence-electron chi connectivity index (χ4n) is 3.72. The second-order valence-corrected chi connectivity index (χ2v) is 8.09. The average Bonchev–Trinajstić information content (AvgIpc) is 3.26. The zero-order valence-corrected chi connectivity index (χ0v) is 17.8. The summed E-state index contributed by atoms with van der Waals surface area (Å²) in [6.45, 7) is 1.76. The zero-order chi connectivity index (χ0) is 21.6. The van der Waals surface area contributed by atoms with Crippen LogP contribution in [0.25, 0.3) is 0 Å². The van der Waals surface area contributed by atoms with Gasteiger partial charge in [0.05, 0.1) is 5.92 Å². The van der Waals surface area contributed by atoms with Crippen molar-refractivity contribution in [2.24, 2.45) is 5.92 Å². The molecule has 0 bridgehead atoms. The molecule has 0 aliphatic carbocycles. The molecule has 2 amide bonds. The number of hydrogen-bond donors (Lipinski definition) is 1. The molecule has 1 fully saturated rings. The normalized spacial score (nSPS) is 16.2. The van der Waals surface area contributed by atoms with Crippen LogP contribution in [-0.4, -0.2) is 44.6 Å². The number of likely N-dealkylation sites (tertiary alicyclic amines) is 1. The van der Waals surface area contributed by atoms with Crippen molar-refractivity contribution in [3.8, 4) is 0 Å². The number of anilines is 1. The van der Waals surface area contributed by atoms with Crippen LogP contribution in [-0.2, 0) is 17.8 Å². The Morgan fingerprint density at radius 3 is 2.65 bits per heavy atom. The number of nitrogens with zero attached hydrogens (tertiary/aromatic N) is 4. The van der Waals surface area contributed by atoms with Gasteiger partial charge >= 0.3 is 0 Å². The minimum absolute atomic E-state index is 0.0745. The first-order valence-corrected chi connectivity index (χ1v) is 10.7. The average molecular weight is 438 g/mol. The van der Waals surface area contributed by atoms with Crippen LogP contribution >= 0.6 is 11.6 Å². The van der Waals surface area contributed by atoms with Crippen molar-refractivity contribution in [2.75, 3.05) is 18.4 Å². The third-order valence-electron chi connectivity index (χ3n) is 5.44. The maximum atomic E-state index is 12.8. The number of aryl methyl sites for hydroxylation is 2. The number of hydrogen-bond acceptors (Lipinski definition) is 4. The lowest BCUT2D eigenvalue weighted by Gasteiger charge is -2.32. The first-order valence-electron chi connectivity index (χ1n) is 10.4. The Morgan fingerprint density at radius 1 is 1.10 bits per heavy atom. The highest BCUT2D eigenvalue weighted by molar-refractivity contribution is 6.30. The number of benzene rings is 1. The van der Waals surface area contributed by atoms with E-state index in [0.29, 0.717) is 36.0 Å². The van der Waals surface area contributed by atoms with Gasteiger partial charge in [-0.15, -0.1) is 0 Å². The standard InChI is InChI=1S/C23H24ClN5O2/c24-20-5-3-18(4-6-20)23(31)28-13-1-2-19(16-28)22(30)26-21-10-15-29(27-21)14-9-17-7-11-25-12-8-17/h3-8,10-12,15,19H,1-2,9,13-14,16H2,(H,26,27,30). The van der Waals surface area contributed by atoms with Gasteiger partial charge in [-0.1, -0.05) is 11.6 Å². The Morgan fingerprint density at radius 2 is 1.87 bits per heavy atom. The van der Waals surface area contributed by atoms with Gasteiger partial charge in [0.25, 0.3) is 5.91 Å². The van der Waals surface area contributed by atoms with E-state index in [9.17, 15) is 9.59 Å². The molecular weight excluding hydrogens is 414 g/mol. The Hall–Kier alpha value is -3.19. The molecule has 7 nitrogen and oxygen atoms in total. The molecule has 31 heavy (non-hydrogen) atoms. The molecule has 1 aromatic carbocycles. The molecule has 2 aromatic heterocycles. The van der Waals surface area contributed by atoms with Crippen LogP contribution in [0.4, 0.5) is 5.82 Å². The Kier molecular flexibility index (Phi) is 6.62. The van der Waals surface area contributed by atoms with Crippen LogP contribution in [0.5, 0.6) is 0 Å². The van der Waals surface area contributed by atoms with Gasteiger partial charge in [-0.2, -0.15) is 5.10 Å². The lowest BCUT2D eigenvalue weighted by Crippen LogP contribution is -2.43. The second-order valence-electron chi connectivity index (χ2n) is 7.66. The highest BCUT2D eigenvalue weighted by Crippen LogP contribution is 2.21. The van der Waals surface area contributed by atoms with Gasteiger partial charge in [-0.3, -0.25) is 19.3 Å². The predicted octanol–water partition coefficient (Wildman–Crippen LogP) is 3.67. The Labute approximate surface area is 186 Å². The van der Waals surface area contributed by atoms with Crippen molar-refractivity contribution >= 4 is 29.2 Å². The third-order valence-corrected chi connectivity index (χ3v) is 5.69. The topological polar surface area (TPSA) is 80.1 Å². The van der Waals surface area contributed by atoms with Crippen molar-refractivity contribution in [3.63, 3.8) is 0 Å². The molecule has 0 radical (unpaired) electrons. The number of pyridine rings is 1. The first kappa shape index (κ1) is 21.1. The van der Waals surface area contributed by atoms with Gasteiger partial charge in [-0.05, 0) is 61.2 Å². The van der Waals surface area contributed by atoms with Crippen molar-refractivity contribution in [3.05, 3.63) is 77.2 Å². The largest absolute Gasteiger partial charge is 0.338 e. The number of piperidine rings is 1. The van der Waals surface area contributed by atoms with E-state index < -0.39 is 0 Å². The number of aromatic nitrogens is 3. The van der Waals surface area contributed by atoms with Crippen molar-refractivity contribution in [1.29, 1.82) is 0 Å². The van der Waals surface area contributed by atoms with Crippen LogP contribution in [0.15, 0.2) is 61.1 Å². The fraction of sp³-hybridized carbons (Fsp3) is 0.304. The highest BCUT2D eigenvalue weighted by atomic mass is 35.5. The summed E-state index contributed by atoms with van der Waals surface area (Å²) < 4.78 is 1.81. The Bertz CT molecular complexity index is 1040. The van der Waals surface area contributed by atoms with E-state index in [-0.39, 0.29) is 17.7 Å². The molecule has 1 aliphatic heterocycles. The number of amides is 2. The summed E-state index contributed by atoms with van der Waals surface area (Å²) in [4.78, 5) is 31.3. The second kappa shape index (κ2) is 9.75. The van der Waals surface area contributed by atoms with Gasteiger partial charge in [-0.25, -0.2) is 0 Å². The predicted molar refractivity (Wildman–Crippen MR) is 119 cm³/mol. The summed E-state index contributed by atoms with van der Waals surface area (Å²) in [6, 6.07) is 12.6. The first-order chi connectivity index (χ1) is 15.1. The minimum atomic E-state index is -0.257. The van der Waals surface area contributed by atoms with E-state index in [0.717, 1.165) is 19.3 Å². The van der Waals surface area contributed by atoms with E-state index in [4.69, 9.17) is 11.6 Å². The smallest absolute Gasteiger partial charge is 0.253 e. The fourth-order valence-corrected chi connectivity index (χ4v) is 3.85. The van der Waals surface area contributed by atoms with Crippen molar-refractivity contribution in [2.45, 2.75) is 25.8 Å². The van der Waals surface area contributed by atoms with Crippen LogP contribution in [0.2, 0.25) is 5.02 Å². The van der Waals surface area contributed by atoms with E-state index in [1.165, 1.54) is 5.56 Å². The molecule has 8 heteroatoms. The minimum Gasteiger partial charge on any atom is -0.338 e. The molecular formula is C23H24ClN5O2. The summed E-state index contributed by atoms with van der Waals surface area (Å²) in [7, 11) is 0. The molecule has 0 spiro atoms. The third kappa shape index (κ3) is 5.49. The van der Waals surface area contributed by atoms with Crippen LogP contribution in [0.1, 0.15) is 28.8 Å². The molecule has 1 N–H and O–H groups in total. The highest BCUT2D eigenvalue weighted by Gasteiger charge is 2.29.